The molecule has 0 radical (unpaired) electrons. The molecule has 98 valence electrons. The molecule has 1 fully saturated rings. The van der Waals surface area contributed by atoms with Crippen molar-refractivity contribution in [2.24, 2.45) is 4.99 Å². The van der Waals surface area contributed by atoms with Gasteiger partial charge in [-0.2, -0.15) is 4.99 Å². The van der Waals surface area contributed by atoms with Crippen molar-refractivity contribution < 1.29 is 4.79 Å². The zero-order chi connectivity index (χ0) is 13.2. The Hall–Kier alpha value is -1.26. The quantitative estimate of drug-likeness (QED) is 0.744. The first-order valence-corrected chi connectivity index (χ1v) is 7.45. The van der Waals surface area contributed by atoms with Crippen LogP contribution in [0.4, 0.5) is 0 Å². The molecule has 1 aromatic rings. The molecule has 1 aromatic carbocycles. The van der Waals surface area contributed by atoms with E-state index in [2.05, 4.69) is 9.89 Å². The molecule has 3 rings (SSSR count). The number of carbonyl (C=O) groups excluding carboxylic acids is 1. The predicted molar refractivity (Wildman–Crippen MR) is 80.3 cm³/mol. The first-order chi connectivity index (χ1) is 9.24. The highest BCUT2D eigenvalue weighted by molar-refractivity contribution is 8.18. The van der Waals surface area contributed by atoms with Gasteiger partial charge in [-0.25, -0.2) is 0 Å². The summed E-state index contributed by atoms with van der Waals surface area (Å²) < 4.78 is 0. The fourth-order valence-corrected chi connectivity index (χ4v) is 3.32. The van der Waals surface area contributed by atoms with Crippen LogP contribution in [-0.4, -0.2) is 29.1 Å². The zero-order valence-electron chi connectivity index (χ0n) is 10.3. The van der Waals surface area contributed by atoms with E-state index in [-0.39, 0.29) is 5.91 Å². The summed E-state index contributed by atoms with van der Waals surface area (Å²) >= 11 is 7.55. The van der Waals surface area contributed by atoms with Crippen molar-refractivity contribution in [3.63, 3.8) is 0 Å². The predicted octanol–water partition coefficient (Wildman–Crippen LogP) is 3.41. The van der Waals surface area contributed by atoms with Crippen LogP contribution in [0.15, 0.2) is 34.2 Å². The van der Waals surface area contributed by atoms with E-state index in [1.165, 1.54) is 24.6 Å². The van der Waals surface area contributed by atoms with Gasteiger partial charge in [-0.3, -0.25) is 4.79 Å². The maximum absolute atomic E-state index is 11.9. The number of aliphatic imine (C=N–C) groups is 1. The second-order valence-corrected chi connectivity index (χ2v) is 5.94. The summed E-state index contributed by atoms with van der Waals surface area (Å²) in [4.78, 5) is 18.9. The van der Waals surface area contributed by atoms with Gasteiger partial charge in [0.1, 0.15) is 0 Å². The van der Waals surface area contributed by atoms with E-state index >= 15 is 0 Å². The number of hydrogen-bond acceptors (Lipinski definition) is 3. The fourth-order valence-electron chi connectivity index (χ4n) is 2.18. The maximum Gasteiger partial charge on any atom is 0.286 e. The third-order valence-corrected chi connectivity index (χ3v) is 4.57. The molecule has 5 heteroatoms. The smallest absolute Gasteiger partial charge is 0.286 e. The number of amides is 1. The molecule has 3 nitrogen and oxygen atoms in total. The Bertz CT molecular complexity index is 577. The lowest BCUT2D eigenvalue weighted by Gasteiger charge is -2.14. The average Bonchev–Trinajstić information content (AvgIpc) is 3.02. The molecule has 1 amide bonds. The summed E-state index contributed by atoms with van der Waals surface area (Å²) in [6, 6.07) is 7.50. The monoisotopic (exact) mass is 292 g/mol. The largest absolute Gasteiger partial charge is 0.351 e. The molecule has 0 N–H and O–H groups in total. The highest BCUT2D eigenvalue weighted by Crippen LogP contribution is 2.32. The van der Waals surface area contributed by atoms with Crippen LogP contribution in [0.25, 0.3) is 6.08 Å². The van der Waals surface area contributed by atoms with Gasteiger partial charge in [0.05, 0.1) is 4.91 Å². The Morgan fingerprint density at radius 1 is 1.26 bits per heavy atom. The SMILES string of the molecule is O=C1N=C(N2CCCC2)S/C1=C/c1ccccc1Cl. The Morgan fingerprint density at radius 3 is 2.74 bits per heavy atom. The van der Waals surface area contributed by atoms with Crippen molar-refractivity contribution >= 4 is 40.5 Å². The highest BCUT2D eigenvalue weighted by Gasteiger charge is 2.27. The van der Waals surface area contributed by atoms with Gasteiger partial charge in [0, 0.05) is 18.1 Å². The standard InChI is InChI=1S/C14H13ClN2OS/c15-11-6-2-1-5-10(11)9-12-13(18)16-14(19-12)17-7-3-4-8-17/h1-2,5-6,9H,3-4,7-8H2/b12-9+. The molecule has 2 aliphatic heterocycles. The van der Waals surface area contributed by atoms with Crippen molar-refractivity contribution in [3.05, 3.63) is 39.8 Å². The summed E-state index contributed by atoms with van der Waals surface area (Å²) in [5.74, 6) is -0.160. The van der Waals surface area contributed by atoms with Crippen LogP contribution in [0.1, 0.15) is 18.4 Å². The van der Waals surface area contributed by atoms with Gasteiger partial charge >= 0.3 is 0 Å². The van der Waals surface area contributed by atoms with E-state index in [4.69, 9.17) is 11.6 Å². The van der Waals surface area contributed by atoms with Gasteiger partial charge < -0.3 is 4.90 Å². The molecule has 0 aliphatic carbocycles. The van der Waals surface area contributed by atoms with E-state index < -0.39 is 0 Å². The summed E-state index contributed by atoms with van der Waals surface area (Å²) in [6.45, 7) is 2.00. The van der Waals surface area contributed by atoms with E-state index in [1.807, 2.05) is 30.3 Å². The van der Waals surface area contributed by atoms with Crippen LogP contribution in [0.5, 0.6) is 0 Å². The number of likely N-dealkylation sites (tertiary alicyclic amines) is 1. The molecular weight excluding hydrogens is 280 g/mol. The van der Waals surface area contributed by atoms with Gasteiger partial charge in [0.15, 0.2) is 5.17 Å². The Morgan fingerprint density at radius 2 is 2.00 bits per heavy atom. The van der Waals surface area contributed by atoms with Crippen LogP contribution < -0.4 is 0 Å². The summed E-state index contributed by atoms with van der Waals surface area (Å²) in [6.07, 6.45) is 4.18. The molecule has 19 heavy (non-hydrogen) atoms. The Kier molecular flexibility index (Phi) is 3.62. The molecule has 0 unspecified atom stereocenters. The molecule has 0 atom stereocenters. The lowest BCUT2D eigenvalue weighted by Crippen LogP contribution is -2.23. The van der Waals surface area contributed by atoms with Gasteiger partial charge in [-0.1, -0.05) is 29.8 Å². The normalized spacial score (nSPS) is 21.3. The van der Waals surface area contributed by atoms with Crippen molar-refractivity contribution in [2.45, 2.75) is 12.8 Å². The molecule has 0 spiro atoms. The van der Waals surface area contributed by atoms with Crippen molar-refractivity contribution in [1.29, 1.82) is 0 Å². The number of thioether (sulfide) groups is 1. The number of hydrogen-bond donors (Lipinski definition) is 0. The molecule has 1 saturated heterocycles. The number of halogens is 1. The minimum absolute atomic E-state index is 0.160. The van der Waals surface area contributed by atoms with E-state index in [9.17, 15) is 4.79 Å². The number of nitrogens with zero attached hydrogens (tertiary/aromatic N) is 2. The maximum atomic E-state index is 11.9. The second kappa shape index (κ2) is 5.39. The lowest BCUT2D eigenvalue weighted by atomic mass is 10.2. The minimum atomic E-state index is -0.160. The topological polar surface area (TPSA) is 32.7 Å². The molecule has 0 saturated carbocycles. The van der Waals surface area contributed by atoms with Crippen molar-refractivity contribution in [3.8, 4) is 0 Å². The fraction of sp³-hybridized carbons (Fsp3) is 0.286. The number of amidine groups is 1. The van der Waals surface area contributed by atoms with Gasteiger partial charge in [0.2, 0.25) is 0 Å². The van der Waals surface area contributed by atoms with E-state index in [0.29, 0.717) is 9.93 Å². The molecule has 0 bridgehead atoms. The third kappa shape index (κ3) is 2.69. The van der Waals surface area contributed by atoms with Crippen LogP contribution in [0, 0.1) is 0 Å². The lowest BCUT2D eigenvalue weighted by molar-refractivity contribution is -0.113. The molecule has 0 aromatic heterocycles. The molecular formula is C14H13ClN2OS. The van der Waals surface area contributed by atoms with Gasteiger partial charge in [0.25, 0.3) is 5.91 Å². The van der Waals surface area contributed by atoms with Crippen molar-refractivity contribution in [2.75, 3.05) is 13.1 Å². The van der Waals surface area contributed by atoms with Gasteiger partial charge in [-0.05, 0) is 42.3 Å². The van der Waals surface area contributed by atoms with E-state index in [0.717, 1.165) is 23.8 Å². The molecule has 2 heterocycles. The van der Waals surface area contributed by atoms with Crippen molar-refractivity contribution in [1.82, 2.24) is 4.90 Å². The number of carbonyl (C=O) groups is 1. The molecule has 2 aliphatic rings. The minimum Gasteiger partial charge on any atom is -0.351 e. The van der Waals surface area contributed by atoms with E-state index in [1.54, 1.807) is 0 Å². The van der Waals surface area contributed by atoms with Crippen LogP contribution in [0.2, 0.25) is 5.02 Å². The van der Waals surface area contributed by atoms with Crippen LogP contribution >= 0.6 is 23.4 Å². The summed E-state index contributed by atoms with van der Waals surface area (Å²) in [5.41, 5.74) is 0.859. The van der Waals surface area contributed by atoms with Gasteiger partial charge in [-0.15, -0.1) is 0 Å². The second-order valence-electron chi connectivity index (χ2n) is 4.53. The number of rotatable bonds is 1. The van der Waals surface area contributed by atoms with Crippen LogP contribution in [-0.2, 0) is 4.79 Å². The summed E-state index contributed by atoms with van der Waals surface area (Å²) in [5, 5.41) is 1.49. The number of benzene rings is 1. The average molecular weight is 293 g/mol. The highest BCUT2D eigenvalue weighted by atomic mass is 35.5. The Labute approximate surface area is 121 Å². The first-order valence-electron chi connectivity index (χ1n) is 6.26. The summed E-state index contributed by atoms with van der Waals surface area (Å²) in [7, 11) is 0. The third-order valence-electron chi connectivity index (χ3n) is 3.18. The first kappa shape index (κ1) is 12.8. The zero-order valence-corrected chi connectivity index (χ0v) is 11.9. The van der Waals surface area contributed by atoms with Crippen LogP contribution in [0.3, 0.4) is 0 Å². The Balaban J connectivity index is 1.81.